The van der Waals surface area contributed by atoms with Gasteiger partial charge >= 0.3 is 0 Å². The summed E-state index contributed by atoms with van der Waals surface area (Å²) in [7, 11) is 0. The number of aliphatic hydroxyl groups excluding tert-OH is 1. The van der Waals surface area contributed by atoms with Gasteiger partial charge in [-0.25, -0.2) is 0 Å². The Morgan fingerprint density at radius 2 is 1.86 bits per heavy atom. The van der Waals surface area contributed by atoms with Gasteiger partial charge in [-0.2, -0.15) is 0 Å². The van der Waals surface area contributed by atoms with Crippen molar-refractivity contribution in [1.29, 1.82) is 0 Å². The Kier molecular flexibility index (Phi) is 2.08. The van der Waals surface area contributed by atoms with Crippen LogP contribution in [-0.4, -0.2) is 49.5 Å². The summed E-state index contributed by atoms with van der Waals surface area (Å²) < 4.78 is 5.46. The van der Waals surface area contributed by atoms with Gasteiger partial charge in [-0.15, -0.1) is 0 Å². The predicted octanol–water partition coefficient (Wildman–Crippen LogP) is 0.337. The molecule has 0 aromatic carbocycles. The number of nitrogens with zero attached hydrogens (tertiary/aromatic N) is 1. The van der Waals surface area contributed by atoms with Gasteiger partial charge in [0, 0.05) is 43.5 Å². The third kappa shape index (κ3) is 1.47. The zero-order valence-electron chi connectivity index (χ0n) is 8.61. The van der Waals surface area contributed by atoms with Gasteiger partial charge in [-0.1, -0.05) is 0 Å². The van der Waals surface area contributed by atoms with Crippen molar-refractivity contribution in [2.24, 2.45) is 17.3 Å². The number of rotatable bonds is 3. The third-order valence-corrected chi connectivity index (χ3v) is 4.17. The number of hydrogen-bond donors (Lipinski definition) is 1. The molecule has 0 aromatic rings. The van der Waals surface area contributed by atoms with Gasteiger partial charge in [0.05, 0.1) is 13.2 Å². The predicted molar refractivity (Wildman–Crippen MR) is 53.0 cm³/mol. The van der Waals surface area contributed by atoms with Crippen molar-refractivity contribution in [2.45, 2.75) is 12.8 Å². The number of likely N-dealkylation sites (tertiary alicyclic amines) is 1. The van der Waals surface area contributed by atoms with E-state index in [4.69, 9.17) is 4.74 Å². The van der Waals surface area contributed by atoms with E-state index in [1.54, 1.807) is 0 Å². The fraction of sp³-hybridized carbons (Fsp3) is 1.00. The van der Waals surface area contributed by atoms with Crippen molar-refractivity contribution in [2.75, 3.05) is 39.5 Å². The highest BCUT2D eigenvalue weighted by molar-refractivity contribution is 4.98. The van der Waals surface area contributed by atoms with Gasteiger partial charge in [0.2, 0.25) is 0 Å². The first kappa shape index (κ1) is 9.13. The van der Waals surface area contributed by atoms with Crippen LogP contribution in [0.25, 0.3) is 0 Å². The van der Waals surface area contributed by atoms with E-state index in [1.807, 2.05) is 0 Å². The Balaban J connectivity index is 1.56. The summed E-state index contributed by atoms with van der Waals surface area (Å²) in [5, 5.41) is 9.27. The van der Waals surface area contributed by atoms with E-state index in [-0.39, 0.29) is 0 Å². The molecule has 2 aliphatic heterocycles. The van der Waals surface area contributed by atoms with Gasteiger partial charge in [-0.05, 0) is 12.8 Å². The Labute approximate surface area is 85.0 Å². The molecule has 0 spiro atoms. The highest BCUT2D eigenvalue weighted by Crippen LogP contribution is 2.46. The summed E-state index contributed by atoms with van der Waals surface area (Å²) in [6.45, 7) is 5.84. The Bertz CT molecular complexity index is 215. The van der Waals surface area contributed by atoms with Gasteiger partial charge in [-0.3, -0.25) is 0 Å². The molecule has 14 heavy (non-hydrogen) atoms. The van der Waals surface area contributed by atoms with Gasteiger partial charge in [0.25, 0.3) is 0 Å². The lowest BCUT2D eigenvalue weighted by Gasteiger charge is -2.22. The number of ether oxygens (including phenoxy) is 1. The number of aliphatic hydroxyl groups is 1. The molecular formula is C11H19NO2. The van der Waals surface area contributed by atoms with Crippen LogP contribution < -0.4 is 0 Å². The molecule has 1 aliphatic carbocycles. The van der Waals surface area contributed by atoms with Crippen LogP contribution in [0.1, 0.15) is 12.8 Å². The minimum atomic E-state index is 0.291. The fourth-order valence-corrected chi connectivity index (χ4v) is 2.93. The van der Waals surface area contributed by atoms with E-state index in [0.29, 0.717) is 12.0 Å². The molecule has 0 aromatic heterocycles. The second kappa shape index (κ2) is 3.19. The molecule has 80 valence electrons. The molecule has 2 unspecified atom stereocenters. The first-order chi connectivity index (χ1) is 6.81. The zero-order chi connectivity index (χ0) is 9.60. The normalized spacial score (nSPS) is 40.1. The molecule has 0 amide bonds. The third-order valence-electron chi connectivity index (χ3n) is 4.17. The van der Waals surface area contributed by atoms with Gasteiger partial charge in [0.1, 0.15) is 0 Å². The van der Waals surface area contributed by atoms with Crippen LogP contribution >= 0.6 is 0 Å². The molecule has 3 heteroatoms. The van der Waals surface area contributed by atoms with Crippen LogP contribution in [0.15, 0.2) is 0 Å². The summed E-state index contributed by atoms with van der Waals surface area (Å²) >= 11 is 0. The van der Waals surface area contributed by atoms with E-state index in [0.717, 1.165) is 31.6 Å². The van der Waals surface area contributed by atoms with Crippen molar-refractivity contribution >= 4 is 0 Å². The standard InChI is InChI=1S/C11H19NO2/c13-8-11(1-2-11)7-12-3-9-5-14-6-10(9)4-12/h9-10,13H,1-8H2. The summed E-state index contributed by atoms with van der Waals surface area (Å²) in [5.74, 6) is 1.56. The lowest BCUT2D eigenvalue weighted by molar-refractivity contribution is 0.128. The largest absolute Gasteiger partial charge is 0.396 e. The first-order valence-corrected chi connectivity index (χ1v) is 5.72. The van der Waals surface area contributed by atoms with Crippen molar-refractivity contribution in [3.63, 3.8) is 0 Å². The summed E-state index contributed by atoms with van der Waals surface area (Å²) in [5.41, 5.74) is 0.291. The van der Waals surface area contributed by atoms with E-state index in [1.165, 1.54) is 25.9 Å². The summed E-state index contributed by atoms with van der Waals surface area (Å²) in [6, 6.07) is 0. The SMILES string of the molecule is OCC1(CN2CC3COCC3C2)CC1. The monoisotopic (exact) mass is 197 g/mol. The van der Waals surface area contributed by atoms with Crippen molar-refractivity contribution in [1.82, 2.24) is 4.90 Å². The molecule has 0 radical (unpaired) electrons. The Morgan fingerprint density at radius 3 is 2.36 bits per heavy atom. The second-order valence-corrected chi connectivity index (χ2v) is 5.41. The van der Waals surface area contributed by atoms with Crippen molar-refractivity contribution in [3.8, 4) is 0 Å². The van der Waals surface area contributed by atoms with E-state index >= 15 is 0 Å². The van der Waals surface area contributed by atoms with Crippen molar-refractivity contribution < 1.29 is 9.84 Å². The minimum absolute atomic E-state index is 0.291. The van der Waals surface area contributed by atoms with Crippen LogP contribution in [0, 0.1) is 17.3 Å². The first-order valence-electron chi connectivity index (χ1n) is 5.72. The van der Waals surface area contributed by atoms with Crippen LogP contribution in [-0.2, 0) is 4.74 Å². The molecule has 3 nitrogen and oxygen atoms in total. The van der Waals surface area contributed by atoms with Crippen LogP contribution in [0.4, 0.5) is 0 Å². The molecular weight excluding hydrogens is 178 g/mol. The highest BCUT2D eigenvalue weighted by Gasteiger charge is 2.46. The second-order valence-electron chi connectivity index (χ2n) is 5.41. The molecule has 2 saturated heterocycles. The highest BCUT2D eigenvalue weighted by atomic mass is 16.5. The molecule has 0 bridgehead atoms. The van der Waals surface area contributed by atoms with E-state index < -0.39 is 0 Å². The fourth-order valence-electron chi connectivity index (χ4n) is 2.93. The maximum Gasteiger partial charge on any atom is 0.0510 e. The molecule has 1 saturated carbocycles. The maximum atomic E-state index is 9.27. The van der Waals surface area contributed by atoms with Crippen molar-refractivity contribution in [3.05, 3.63) is 0 Å². The molecule has 2 atom stereocenters. The quantitative estimate of drug-likeness (QED) is 0.708. The minimum Gasteiger partial charge on any atom is -0.396 e. The van der Waals surface area contributed by atoms with Crippen LogP contribution in [0.5, 0.6) is 0 Å². The smallest absolute Gasteiger partial charge is 0.0510 e. The average Bonchev–Trinajstić information content (AvgIpc) is 2.62. The average molecular weight is 197 g/mol. The van der Waals surface area contributed by atoms with E-state index in [9.17, 15) is 5.11 Å². The molecule has 1 N–H and O–H groups in total. The summed E-state index contributed by atoms with van der Waals surface area (Å²) in [4.78, 5) is 2.54. The Hall–Kier alpha value is -0.120. The summed E-state index contributed by atoms with van der Waals surface area (Å²) in [6.07, 6.45) is 2.46. The molecule has 3 rings (SSSR count). The number of fused-ring (bicyclic) bond motifs is 1. The lowest BCUT2D eigenvalue weighted by atomic mass is 10.0. The Morgan fingerprint density at radius 1 is 1.21 bits per heavy atom. The van der Waals surface area contributed by atoms with Crippen LogP contribution in [0.3, 0.4) is 0 Å². The van der Waals surface area contributed by atoms with Crippen LogP contribution in [0.2, 0.25) is 0 Å². The molecule has 2 heterocycles. The molecule has 3 fully saturated rings. The topological polar surface area (TPSA) is 32.7 Å². The number of hydrogen-bond acceptors (Lipinski definition) is 3. The lowest BCUT2D eigenvalue weighted by Crippen LogP contribution is -2.31. The zero-order valence-corrected chi connectivity index (χ0v) is 8.61. The van der Waals surface area contributed by atoms with Gasteiger partial charge < -0.3 is 14.7 Å². The van der Waals surface area contributed by atoms with Gasteiger partial charge in [0.15, 0.2) is 0 Å². The van der Waals surface area contributed by atoms with E-state index in [2.05, 4.69) is 4.90 Å². The molecule has 3 aliphatic rings. The maximum absolute atomic E-state index is 9.27.